The second kappa shape index (κ2) is 11.9. The van der Waals surface area contributed by atoms with Crippen LogP contribution in [0.5, 0.6) is 17.4 Å². The Morgan fingerprint density at radius 1 is 1.05 bits per heavy atom. The Labute approximate surface area is 240 Å². The quantitative estimate of drug-likeness (QED) is 0.448. The van der Waals surface area contributed by atoms with Gasteiger partial charge >= 0.3 is 0 Å². The average Bonchev–Trinajstić information content (AvgIpc) is 3.42. The summed E-state index contributed by atoms with van der Waals surface area (Å²) >= 11 is 0. The number of ether oxygens (including phenoxy) is 3. The highest BCUT2D eigenvalue weighted by Gasteiger charge is 2.31. The highest BCUT2D eigenvalue weighted by atomic mass is 16.5. The summed E-state index contributed by atoms with van der Waals surface area (Å²) in [4.78, 5) is 37.3. The van der Waals surface area contributed by atoms with E-state index in [1.807, 2.05) is 48.3 Å². The van der Waals surface area contributed by atoms with E-state index in [-0.39, 0.29) is 23.8 Å². The van der Waals surface area contributed by atoms with Crippen molar-refractivity contribution in [3.8, 4) is 28.6 Å². The number of amides is 2. The second-order valence-corrected chi connectivity index (χ2v) is 11.3. The first-order chi connectivity index (χ1) is 20.0. The van der Waals surface area contributed by atoms with Crippen LogP contribution in [0.25, 0.3) is 22.2 Å². The van der Waals surface area contributed by atoms with Gasteiger partial charge in [0, 0.05) is 56.8 Å². The molecule has 3 aliphatic rings. The summed E-state index contributed by atoms with van der Waals surface area (Å²) in [5, 5.41) is 3.68. The molecule has 6 rings (SSSR count). The van der Waals surface area contributed by atoms with Gasteiger partial charge < -0.3 is 24.4 Å². The van der Waals surface area contributed by atoms with Crippen molar-refractivity contribution in [2.45, 2.75) is 44.2 Å². The van der Waals surface area contributed by atoms with E-state index >= 15 is 0 Å². The van der Waals surface area contributed by atoms with Gasteiger partial charge in [-0.05, 0) is 62.1 Å². The molecule has 10 heteroatoms. The van der Waals surface area contributed by atoms with Crippen LogP contribution in [0.1, 0.15) is 32.1 Å². The van der Waals surface area contributed by atoms with Crippen LogP contribution in [0.4, 0.5) is 0 Å². The number of pyridine rings is 2. The number of carbonyl (C=O) groups is 2. The molecule has 0 bridgehead atoms. The minimum absolute atomic E-state index is 0.0563. The van der Waals surface area contributed by atoms with E-state index in [2.05, 4.69) is 15.2 Å². The predicted molar refractivity (Wildman–Crippen MR) is 154 cm³/mol. The van der Waals surface area contributed by atoms with Gasteiger partial charge in [-0.15, -0.1) is 0 Å². The van der Waals surface area contributed by atoms with E-state index in [9.17, 15) is 9.59 Å². The molecule has 3 aromatic rings. The number of nitrogens with zero attached hydrogens (tertiary/aromatic N) is 4. The molecule has 0 unspecified atom stereocenters. The van der Waals surface area contributed by atoms with Crippen LogP contribution in [-0.4, -0.2) is 90.7 Å². The molecule has 2 aromatic heterocycles. The van der Waals surface area contributed by atoms with Crippen molar-refractivity contribution in [1.29, 1.82) is 0 Å². The minimum Gasteiger partial charge on any atom is -0.493 e. The van der Waals surface area contributed by atoms with Crippen LogP contribution < -0.4 is 19.5 Å². The Bertz CT molecular complexity index is 1420. The standard InChI is InChI=1S/C31H37N5O5/c1-35-12-13-36(18-30(35)38)22-6-8-23(9-7-22)41-27-10-5-21(15-28(27)39-2)25-16-26-24(4-3-11-32-26)31(34-25)40-19-20-14-29(37)33-17-20/h3-5,10-11,15-16,20,22-23H,6-9,12-14,17-19H2,1-2H3,(H,33,37)/t20-,22-,23-/m1/s1. The molecule has 2 saturated heterocycles. The van der Waals surface area contributed by atoms with Gasteiger partial charge in [0.25, 0.3) is 0 Å². The number of piperazine rings is 1. The smallest absolute Gasteiger partial charge is 0.236 e. The number of hydrogen-bond donors (Lipinski definition) is 1. The molecule has 1 saturated carbocycles. The zero-order valence-electron chi connectivity index (χ0n) is 23.7. The molecule has 2 amide bonds. The second-order valence-electron chi connectivity index (χ2n) is 11.3. The Morgan fingerprint density at radius 3 is 2.66 bits per heavy atom. The van der Waals surface area contributed by atoms with Gasteiger partial charge in [-0.1, -0.05) is 0 Å². The van der Waals surface area contributed by atoms with Crippen molar-refractivity contribution in [1.82, 2.24) is 25.1 Å². The number of likely N-dealkylation sites (N-methyl/N-ethyl adjacent to an activating group) is 1. The summed E-state index contributed by atoms with van der Waals surface area (Å²) in [5.41, 5.74) is 2.37. The predicted octanol–water partition coefficient (Wildman–Crippen LogP) is 3.28. The highest BCUT2D eigenvalue weighted by molar-refractivity contribution is 5.87. The van der Waals surface area contributed by atoms with Crippen molar-refractivity contribution >= 4 is 22.7 Å². The Morgan fingerprint density at radius 2 is 1.90 bits per heavy atom. The largest absolute Gasteiger partial charge is 0.493 e. The molecule has 2 aliphatic heterocycles. The van der Waals surface area contributed by atoms with Gasteiger partial charge in [-0.3, -0.25) is 19.5 Å². The van der Waals surface area contributed by atoms with E-state index in [4.69, 9.17) is 19.2 Å². The first-order valence-electron chi connectivity index (χ1n) is 14.4. The van der Waals surface area contributed by atoms with E-state index in [0.29, 0.717) is 49.5 Å². The van der Waals surface area contributed by atoms with Crippen molar-refractivity contribution < 1.29 is 23.8 Å². The summed E-state index contributed by atoms with van der Waals surface area (Å²) in [7, 11) is 3.52. The summed E-state index contributed by atoms with van der Waals surface area (Å²) in [5.74, 6) is 2.25. The Hall–Kier alpha value is -3.92. The molecular weight excluding hydrogens is 522 g/mol. The maximum Gasteiger partial charge on any atom is 0.236 e. The summed E-state index contributed by atoms with van der Waals surface area (Å²) in [6.45, 7) is 3.28. The van der Waals surface area contributed by atoms with Crippen LogP contribution in [0.2, 0.25) is 0 Å². The number of rotatable bonds is 8. The molecular formula is C31H37N5O5. The zero-order chi connectivity index (χ0) is 28.3. The third kappa shape index (κ3) is 6.07. The molecule has 1 aliphatic carbocycles. The van der Waals surface area contributed by atoms with Crippen LogP contribution in [0.15, 0.2) is 42.6 Å². The fraction of sp³-hybridized carbons (Fsp3) is 0.484. The van der Waals surface area contributed by atoms with Gasteiger partial charge in [-0.25, -0.2) is 4.98 Å². The number of benzene rings is 1. The van der Waals surface area contributed by atoms with Crippen molar-refractivity contribution in [3.05, 3.63) is 42.6 Å². The van der Waals surface area contributed by atoms with Crippen LogP contribution in [0, 0.1) is 5.92 Å². The molecule has 41 heavy (non-hydrogen) atoms. The number of nitrogens with one attached hydrogen (secondary N) is 1. The lowest BCUT2D eigenvalue weighted by molar-refractivity contribution is -0.135. The molecule has 216 valence electrons. The topological polar surface area (TPSA) is 106 Å². The lowest BCUT2D eigenvalue weighted by Gasteiger charge is -2.40. The number of carbonyl (C=O) groups excluding carboxylic acids is 2. The number of aromatic nitrogens is 2. The average molecular weight is 560 g/mol. The van der Waals surface area contributed by atoms with Crippen molar-refractivity contribution in [2.24, 2.45) is 5.92 Å². The Kier molecular flexibility index (Phi) is 7.91. The van der Waals surface area contributed by atoms with Crippen molar-refractivity contribution in [2.75, 3.05) is 46.9 Å². The molecule has 0 spiro atoms. The number of fused-ring (bicyclic) bond motifs is 1. The van der Waals surface area contributed by atoms with E-state index in [1.54, 1.807) is 13.3 Å². The van der Waals surface area contributed by atoms with Crippen molar-refractivity contribution in [3.63, 3.8) is 0 Å². The number of hydrogen-bond acceptors (Lipinski definition) is 8. The maximum absolute atomic E-state index is 12.2. The normalized spacial score (nSPS) is 23.5. The first-order valence-corrected chi connectivity index (χ1v) is 14.4. The first kappa shape index (κ1) is 27.3. The molecule has 1 aromatic carbocycles. The molecule has 4 heterocycles. The van der Waals surface area contributed by atoms with Gasteiger partial charge in [0.15, 0.2) is 11.5 Å². The van der Waals surface area contributed by atoms with Gasteiger partial charge in [0.1, 0.15) is 0 Å². The van der Waals surface area contributed by atoms with Gasteiger partial charge in [-0.2, -0.15) is 0 Å². The van der Waals surface area contributed by atoms with Gasteiger partial charge in [0.05, 0.1) is 43.0 Å². The van der Waals surface area contributed by atoms with Crippen LogP contribution in [-0.2, 0) is 9.59 Å². The maximum atomic E-state index is 12.2. The fourth-order valence-electron chi connectivity index (χ4n) is 6.00. The van der Waals surface area contributed by atoms with Crippen LogP contribution >= 0.6 is 0 Å². The molecule has 10 nitrogen and oxygen atoms in total. The lowest BCUT2D eigenvalue weighted by Crippen LogP contribution is -2.53. The molecule has 3 fully saturated rings. The van der Waals surface area contributed by atoms with E-state index in [1.165, 1.54) is 0 Å². The van der Waals surface area contributed by atoms with Gasteiger partial charge in [0.2, 0.25) is 17.7 Å². The van der Waals surface area contributed by atoms with E-state index in [0.717, 1.165) is 60.9 Å². The SMILES string of the molecule is COc1cc(-c2cc3ncccc3c(OC[C@H]3CNC(=O)C3)n2)ccc1O[C@H]1CC[C@H](N2CCN(C)C(=O)C2)CC1. The van der Waals surface area contributed by atoms with E-state index < -0.39 is 0 Å². The highest BCUT2D eigenvalue weighted by Crippen LogP contribution is 2.37. The van der Waals surface area contributed by atoms with Crippen LogP contribution in [0.3, 0.4) is 0 Å². The lowest BCUT2D eigenvalue weighted by atomic mass is 9.91. The summed E-state index contributed by atoms with van der Waals surface area (Å²) in [6, 6.07) is 12.1. The Balaban J connectivity index is 1.15. The molecule has 0 radical (unpaired) electrons. The zero-order valence-corrected chi connectivity index (χ0v) is 23.7. The molecule has 1 atom stereocenters. The monoisotopic (exact) mass is 559 g/mol. The molecule has 1 N–H and O–H groups in total. The third-order valence-corrected chi connectivity index (χ3v) is 8.48. The number of methoxy groups -OCH3 is 1. The fourth-order valence-corrected chi connectivity index (χ4v) is 6.00. The summed E-state index contributed by atoms with van der Waals surface area (Å²) < 4.78 is 18.3. The minimum atomic E-state index is 0.0563. The third-order valence-electron chi connectivity index (χ3n) is 8.48. The summed E-state index contributed by atoms with van der Waals surface area (Å²) in [6.07, 6.45) is 6.24.